The maximum absolute atomic E-state index is 10.9. The van der Waals surface area contributed by atoms with E-state index in [-0.39, 0.29) is 12.3 Å². The Kier molecular flexibility index (Phi) is 3.83. The quantitative estimate of drug-likeness (QED) is 0.873. The molecule has 1 amide bonds. The zero-order valence-corrected chi connectivity index (χ0v) is 12.2. The van der Waals surface area contributed by atoms with Crippen LogP contribution in [-0.4, -0.2) is 41.1 Å². The molecule has 3 N–H and O–H groups in total. The molecule has 1 unspecified atom stereocenters. The lowest BCUT2D eigenvalue weighted by atomic mass is 9.75. The van der Waals surface area contributed by atoms with E-state index < -0.39 is 5.60 Å². The summed E-state index contributed by atoms with van der Waals surface area (Å²) in [6.07, 6.45) is 6.36. The molecule has 4 heteroatoms. The molecule has 2 bridgehead atoms. The van der Waals surface area contributed by atoms with Crippen molar-refractivity contribution in [3.05, 3.63) is 41.5 Å². The van der Waals surface area contributed by atoms with Crippen LogP contribution in [0.25, 0.3) is 6.08 Å². The summed E-state index contributed by atoms with van der Waals surface area (Å²) in [7, 11) is 0. The molecule has 1 atom stereocenters. The number of carbonyl (C=O) groups is 1. The van der Waals surface area contributed by atoms with Crippen molar-refractivity contribution >= 4 is 12.0 Å². The maximum Gasteiger partial charge on any atom is 0.221 e. The molecule has 3 aliphatic rings. The summed E-state index contributed by atoms with van der Waals surface area (Å²) in [6.45, 7) is 2.97. The van der Waals surface area contributed by atoms with Gasteiger partial charge in [-0.15, -0.1) is 0 Å². The molecule has 112 valence electrons. The minimum Gasteiger partial charge on any atom is -0.384 e. The first-order chi connectivity index (χ1) is 10.0. The fraction of sp³-hybridized carbons (Fsp3) is 0.471. The fourth-order valence-corrected chi connectivity index (χ4v) is 3.46. The molecule has 1 aromatic carbocycles. The monoisotopic (exact) mass is 286 g/mol. The van der Waals surface area contributed by atoms with E-state index in [9.17, 15) is 9.90 Å². The van der Waals surface area contributed by atoms with Crippen molar-refractivity contribution in [3.63, 3.8) is 0 Å². The molecule has 3 saturated heterocycles. The lowest BCUT2D eigenvalue weighted by Crippen LogP contribution is -2.58. The van der Waals surface area contributed by atoms with Gasteiger partial charge in [-0.2, -0.15) is 0 Å². The third kappa shape index (κ3) is 3.17. The standard InChI is InChI=1S/C17H22N2O2/c18-16(20)11-14-3-1-13(2-4-14)5-8-17(21)12-19-9-6-15(17)7-10-19/h1-5,8,15,21H,6-7,9-12H2,(H2,18,20)/b8-5+. The summed E-state index contributed by atoms with van der Waals surface area (Å²) in [6, 6.07) is 7.73. The zero-order chi connectivity index (χ0) is 14.9. The zero-order valence-electron chi connectivity index (χ0n) is 12.2. The predicted octanol–water partition coefficient (Wildman–Crippen LogP) is 1.18. The van der Waals surface area contributed by atoms with Gasteiger partial charge in [-0.3, -0.25) is 4.79 Å². The van der Waals surface area contributed by atoms with E-state index in [1.807, 2.05) is 36.4 Å². The number of rotatable bonds is 4. The highest BCUT2D eigenvalue weighted by atomic mass is 16.3. The molecule has 0 aromatic heterocycles. The third-order valence-corrected chi connectivity index (χ3v) is 4.69. The van der Waals surface area contributed by atoms with Crippen LogP contribution in [0.3, 0.4) is 0 Å². The number of hydrogen-bond donors (Lipinski definition) is 2. The molecule has 0 aliphatic carbocycles. The molecule has 3 aliphatic heterocycles. The van der Waals surface area contributed by atoms with Gasteiger partial charge in [-0.25, -0.2) is 0 Å². The molecule has 1 aromatic rings. The van der Waals surface area contributed by atoms with E-state index >= 15 is 0 Å². The molecule has 21 heavy (non-hydrogen) atoms. The Bertz CT molecular complexity index is 544. The number of aliphatic hydroxyl groups is 1. The summed E-state index contributed by atoms with van der Waals surface area (Å²) in [5, 5.41) is 10.8. The van der Waals surface area contributed by atoms with E-state index in [4.69, 9.17) is 5.73 Å². The fourth-order valence-electron chi connectivity index (χ4n) is 3.46. The van der Waals surface area contributed by atoms with Crippen LogP contribution in [0.1, 0.15) is 24.0 Å². The minimum atomic E-state index is -0.692. The summed E-state index contributed by atoms with van der Waals surface area (Å²) in [4.78, 5) is 13.2. The average Bonchev–Trinajstić information content (AvgIpc) is 2.47. The highest BCUT2D eigenvalue weighted by Crippen LogP contribution is 2.36. The van der Waals surface area contributed by atoms with Crippen molar-refractivity contribution in [2.45, 2.75) is 24.9 Å². The molecule has 4 rings (SSSR count). The molecule has 0 radical (unpaired) electrons. The SMILES string of the molecule is NC(=O)Cc1ccc(/C=C/C2(O)CN3CCC2CC3)cc1. The van der Waals surface area contributed by atoms with Gasteiger partial charge in [-0.1, -0.05) is 36.4 Å². The second-order valence-electron chi connectivity index (χ2n) is 6.26. The van der Waals surface area contributed by atoms with Gasteiger partial charge in [0.1, 0.15) is 0 Å². The lowest BCUT2D eigenvalue weighted by molar-refractivity contribution is -0.117. The molecule has 0 saturated carbocycles. The van der Waals surface area contributed by atoms with Crippen molar-refractivity contribution in [1.82, 2.24) is 4.90 Å². The lowest BCUT2D eigenvalue weighted by Gasteiger charge is -2.49. The summed E-state index contributed by atoms with van der Waals surface area (Å²) in [5.74, 6) is 0.0627. The first-order valence-electron chi connectivity index (χ1n) is 7.56. The second-order valence-corrected chi connectivity index (χ2v) is 6.26. The number of carbonyl (C=O) groups excluding carboxylic acids is 1. The first kappa shape index (κ1) is 14.3. The van der Waals surface area contributed by atoms with E-state index in [0.717, 1.165) is 43.6 Å². The van der Waals surface area contributed by atoms with Crippen LogP contribution in [0.2, 0.25) is 0 Å². The van der Waals surface area contributed by atoms with Gasteiger partial charge in [0.25, 0.3) is 0 Å². The summed E-state index contributed by atoms with van der Waals surface area (Å²) >= 11 is 0. The van der Waals surface area contributed by atoms with Gasteiger partial charge in [0, 0.05) is 6.54 Å². The van der Waals surface area contributed by atoms with Gasteiger partial charge in [0.05, 0.1) is 12.0 Å². The van der Waals surface area contributed by atoms with Crippen molar-refractivity contribution in [1.29, 1.82) is 0 Å². The van der Waals surface area contributed by atoms with Crippen LogP contribution in [0.15, 0.2) is 30.3 Å². The Morgan fingerprint density at radius 1 is 1.33 bits per heavy atom. The molecule has 3 fully saturated rings. The Hall–Kier alpha value is -1.65. The predicted molar refractivity (Wildman–Crippen MR) is 82.5 cm³/mol. The van der Waals surface area contributed by atoms with Gasteiger partial charge in [0.2, 0.25) is 5.91 Å². The first-order valence-corrected chi connectivity index (χ1v) is 7.56. The third-order valence-electron chi connectivity index (χ3n) is 4.69. The number of fused-ring (bicyclic) bond motifs is 3. The number of nitrogens with zero attached hydrogens (tertiary/aromatic N) is 1. The Morgan fingerprint density at radius 3 is 2.52 bits per heavy atom. The number of benzene rings is 1. The number of primary amides is 1. The van der Waals surface area contributed by atoms with Gasteiger partial charge in [0.15, 0.2) is 0 Å². The summed E-state index contributed by atoms with van der Waals surface area (Å²) in [5.41, 5.74) is 6.44. The van der Waals surface area contributed by atoms with Crippen molar-refractivity contribution in [3.8, 4) is 0 Å². The topological polar surface area (TPSA) is 66.6 Å². The molecular weight excluding hydrogens is 264 g/mol. The van der Waals surface area contributed by atoms with Crippen LogP contribution in [0.5, 0.6) is 0 Å². The number of nitrogens with two attached hydrogens (primary N) is 1. The number of hydrogen-bond acceptors (Lipinski definition) is 3. The Balaban J connectivity index is 1.69. The van der Waals surface area contributed by atoms with Crippen LogP contribution in [0.4, 0.5) is 0 Å². The van der Waals surface area contributed by atoms with Crippen molar-refractivity contribution in [2.24, 2.45) is 11.7 Å². The maximum atomic E-state index is 10.9. The molecule has 0 spiro atoms. The minimum absolute atomic E-state index is 0.269. The van der Waals surface area contributed by atoms with Gasteiger partial charge < -0.3 is 15.7 Å². The van der Waals surface area contributed by atoms with Crippen LogP contribution >= 0.6 is 0 Å². The molecule has 3 heterocycles. The molecular formula is C17H22N2O2. The highest BCUT2D eigenvalue weighted by molar-refractivity contribution is 5.76. The number of amides is 1. The van der Waals surface area contributed by atoms with Gasteiger partial charge in [-0.05, 0) is 43.0 Å². The van der Waals surface area contributed by atoms with E-state index in [0.29, 0.717) is 5.92 Å². The van der Waals surface area contributed by atoms with E-state index in [1.54, 1.807) is 0 Å². The van der Waals surface area contributed by atoms with E-state index in [2.05, 4.69) is 4.90 Å². The normalized spacial score (nSPS) is 31.7. The van der Waals surface area contributed by atoms with Crippen LogP contribution < -0.4 is 5.73 Å². The largest absolute Gasteiger partial charge is 0.384 e. The second kappa shape index (κ2) is 5.62. The van der Waals surface area contributed by atoms with Crippen molar-refractivity contribution < 1.29 is 9.90 Å². The highest BCUT2D eigenvalue weighted by Gasteiger charge is 2.43. The average molecular weight is 286 g/mol. The summed E-state index contributed by atoms with van der Waals surface area (Å²) < 4.78 is 0. The Labute approximate surface area is 125 Å². The van der Waals surface area contributed by atoms with E-state index in [1.165, 1.54) is 0 Å². The Morgan fingerprint density at radius 2 is 2.00 bits per heavy atom. The van der Waals surface area contributed by atoms with Gasteiger partial charge >= 0.3 is 0 Å². The van der Waals surface area contributed by atoms with Crippen LogP contribution in [-0.2, 0) is 11.2 Å². The molecule has 4 nitrogen and oxygen atoms in total. The smallest absolute Gasteiger partial charge is 0.221 e. The number of piperidine rings is 3. The van der Waals surface area contributed by atoms with Crippen molar-refractivity contribution in [2.75, 3.05) is 19.6 Å². The van der Waals surface area contributed by atoms with Crippen LogP contribution in [0, 0.1) is 5.92 Å².